The summed E-state index contributed by atoms with van der Waals surface area (Å²) in [5.41, 5.74) is -0.186. The molecule has 19 heavy (non-hydrogen) atoms. The predicted molar refractivity (Wildman–Crippen MR) is 73.8 cm³/mol. The minimum atomic E-state index is -0.186. The van der Waals surface area contributed by atoms with E-state index in [1.54, 1.807) is 6.33 Å². The van der Waals surface area contributed by atoms with Gasteiger partial charge in [-0.2, -0.15) is 5.10 Å². The first kappa shape index (κ1) is 14.2. The first-order chi connectivity index (χ1) is 9.07. The van der Waals surface area contributed by atoms with Crippen molar-refractivity contribution in [1.82, 2.24) is 20.1 Å². The van der Waals surface area contributed by atoms with Gasteiger partial charge in [0.25, 0.3) is 0 Å². The summed E-state index contributed by atoms with van der Waals surface area (Å²) in [6, 6.07) is 0. The number of aromatic nitrogens is 3. The van der Waals surface area contributed by atoms with E-state index < -0.39 is 0 Å². The van der Waals surface area contributed by atoms with Crippen LogP contribution in [0.1, 0.15) is 39.4 Å². The van der Waals surface area contributed by atoms with Gasteiger partial charge in [-0.25, -0.2) is 9.67 Å². The molecule has 5 nitrogen and oxygen atoms in total. The monoisotopic (exact) mass is 264 g/mol. The van der Waals surface area contributed by atoms with Crippen molar-refractivity contribution < 1.29 is 4.79 Å². The van der Waals surface area contributed by atoms with E-state index in [0.717, 1.165) is 38.3 Å². The van der Waals surface area contributed by atoms with E-state index in [-0.39, 0.29) is 5.41 Å². The van der Waals surface area contributed by atoms with Crippen LogP contribution in [0.5, 0.6) is 0 Å². The number of carbonyl (C=O) groups is 1. The Hall–Kier alpha value is -1.23. The third-order valence-electron chi connectivity index (χ3n) is 4.06. The van der Waals surface area contributed by atoms with E-state index in [2.05, 4.69) is 36.2 Å². The highest BCUT2D eigenvalue weighted by atomic mass is 16.1. The van der Waals surface area contributed by atoms with Gasteiger partial charge in [0.15, 0.2) is 0 Å². The Morgan fingerprint density at radius 1 is 1.58 bits per heavy atom. The number of nitrogens with zero attached hydrogens (tertiary/aromatic N) is 3. The largest absolute Gasteiger partial charge is 0.316 e. The second-order valence-electron chi connectivity index (χ2n) is 5.91. The van der Waals surface area contributed by atoms with Crippen molar-refractivity contribution in [2.24, 2.45) is 11.3 Å². The van der Waals surface area contributed by atoms with Crippen molar-refractivity contribution in [2.75, 3.05) is 13.1 Å². The van der Waals surface area contributed by atoms with E-state index in [1.165, 1.54) is 0 Å². The fraction of sp³-hybridized carbons (Fsp3) is 0.786. The molecule has 1 aromatic heterocycles. The summed E-state index contributed by atoms with van der Waals surface area (Å²) in [7, 11) is 0. The zero-order valence-electron chi connectivity index (χ0n) is 12.1. The van der Waals surface area contributed by atoms with Crippen molar-refractivity contribution in [2.45, 2.75) is 46.6 Å². The van der Waals surface area contributed by atoms with Gasteiger partial charge in [0.05, 0.1) is 6.42 Å². The van der Waals surface area contributed by atoms with Crippen LogP contribution in [0.2, 0.25) is 0 Å². The van der Waals surface area contributed by atoms with Crippen LogP contribution in [-0.2, 0) is 17.8 Å². The van der Waals surface area contributed by atoms with Crippen LogP contribution in [0.25, 0.3) is 0 Å². The van der Waals surface area contributed by atoms with E-state index in [1.807, 2.05) is 4.68 Å². The van der Waals surface area contributed by atoms with Gasteiger partial charge in [-0.1, -0.05) is 20.8 Å². The normalized spacial score (nSPS) is 23.2. The summed E-state index contributed by atoms with van der Waals surface area (Å²) in [6.45, 7) is 8.95. The fourth-order valence-corrected chi connectivity index (χ4v) is 2.74. The molecule has 0 aliphatic carbocycles. The average molecular weight is 264 g/mol. The predicted octanol–water partition coefficient (Wildman–Crippen LogP) is 1.44. The van der Waals surface area contributed by atoms with Gasteiger partial charge in [0.2, 0.25) is 0 Å². The second-order valence-corrected chi connectivity index (χ2v) is 5.91. The molecule has 0 saturated carbocycles. The van der Waals surface area contributed by atoms with Gasteiger partial charge in [-0.3, -0.25) is 4.79 Å². The van der Waals surface area contributed by atoms with Crippen molar-refractivity contribution in [1.29, 1.82) is 0 Å². The molecule has 1 fully saturated rings. The Morgan fingerprint density at radius 3 is 2.95 bits per heavy atom. The van der Waals surface area contributed by atoms with Crippen LogP contribution >= 0.6 is 0 Å². The number of ketones is 1. The highest BCUT2D eigenvalue weighted by Gasteiger charge is 2.39. The number of carbonyl (C=O) groups excluding carboxylic acids is 1. The van der Waals surface area contributed by atoms with Gasteiger partial charge < -0.3 is 5.32 Å². The number of Topliss-reactive ketones (excluding diaryl/α,β-unsaturated/α-hetero) is 1. The number of rotatable bonds is 6. The lowest BCUT2D eigenvalue weighted by molar-refractivity contribution is -0.127. The third kappa shape index (κ3) is 3.03. The third-order valence-corrected chi connectivity index (χ3v) is 4.06. The average Bonchev–Trinajstić information content (AvgIpc) is 2.99. The molecule has 1 aliphatic rings. The lowest BCUT2D eigenvalue weighted by Crippen LogP contribution is -2.34. The van der Waals surface area contributed by atoms with E-state index in [9.17, 15) is 4.79 Å². The Bertz CT molecular complexity index is 432. The molecule has 1 atom stereocenters. The lowest BCUT2D eigenvalue weighted by atomic mass is 9.78. The zero-order valence-corrected chi connectivity index (χ0v) is 12.1. The summed E-state index contributed by atoms with van der Waals surface area (Å²) >= 11 is 0. The molecular weight excluding hydrogens is 240 g/mol. The first-order valence-electron chi connectivity index (χ1n) is 7.18. The molecular formula is C14H24N4O. The molecule has 0 radical (unpaired) electrons. The SMILES string of the molecule is CCC1(C(=O)Cc2ncnn2CC(C)C)CCNC1. The molecule has 0 spiro atoms. The topological polar surface area (TPSA) is 59.8 Å². The highest BCUT2D eigenvalue weighted by Crippen LogP contribution is 2.31. The van der Waals surface area contributed by atoms with Crippen LogP contribution in [0.4, 0.5) is 0 Å². The molecule has 1 saturated heterocycles. The maximum atomic E-state index is 12.6. The molecule has 1 aromatic rings. The van der Waals surface area contributed by atoms with Crippen LogP contribution in [0.3, 0.4) is 0 Å². The van der Waals surface area contributed by atoms with E-state index in [4.69, 9.17) is 0 Å². The Kier molecular flexibility index (Phi) is 4.34. The summed E-state index contributed by atoms with van der Waals surface area (Å²) in [5.74, 6) is 1.61. The lowest BCUT2D eigenvalue weighted by Gasteiger charge is -2.24. The maximum Gasteiger partial charge on any atom is 0.147 e. The molecule has 1 N–H and O–H groups in total. The van der Waals surface area contributed by atoms with Crippen LogP contribution < -0.4 is 5.32 Å². The molecule has 5 heteroatoms. The van der Waals surface area contributed by atoms with Gasteiger partial charge in [-0.15, -0.1) is 0 Å². The van der Waals surface area contributed by atoms with Crippen molar-refractivity contribution in [3.8, 4) is 0 Å². The van der Waals surface area contributed by atoms with Crippen molar-refractivity contribution >= 4 is 5.78 Å². The van der Waals surface area contributed by atoms with Crippen molar-refractivity contribution in [3.63, 3.8) is 0 Å². The molecule has 1 unspecified atom stereocenters. The van der Waals surface area contributed by atoms with Crippen molar-refractivity contribution in [3.05, 3.63) is 12.2 Å². The van der Waals surface area contributed by atoms with Gasteiger partial charge in [0.1, 0.15) is 17.9 Å². The van der Waals surface area contributed by atoms with Gasteiger partial charge in [0, 0.05) is 18.5 Å². The molecule has 2 rings (SSSR count). The zero-order chi connectivity index (χ0) is 13.9. The molecule has 1 aliphatic heterocycles. The van der Waals surface area contributed by atoms with Crippen LogP contribution in [0.15, 0.2) is 6.33 Å². The minimum Gasteiger partial charge on any atom is -0.316 e. The molecule has 0 amide bonds. The number of nitrogens with one attached hydrogen (secondary N) is 1. The molecule has 2 heterocycles. The van der Waals surface area contributed by atoms with Crippen LogP contribution in [-0.4, -0.2) is 33.6 Å². The smallest absolute Gasteiger partial charge is 0.147 e. The van der Waals surface area contributed by atoms with Gasteiger partial charge >= 0.3 is 0 Å². The summed E-state index contributed by atoms with van der Waals surface area (Å²) in [4.78, 5) is 16.8. The number of hydrogen-bond acceptors (Lipinski definition) is 4. The molecule has 106 valence electrons. The van der Waals surface area contributed by atoms with Crippen LogP contribution in [0, 0.1) is 11.3 Å². The second kappa shape index (κ2) is 5.82. The number of hydrogen-bond donors (Lipinski definition) is 1. The standard InChI is InChI=1S/C14H24N4O/c1-4-14(5-6-15-9-14)12(19)7-13-16-10-17-18(13)8-11(2)3/h10-11,15H,4-9H2,1-3H3. The fourth-order valence-electron chi connectivity index (χ4n) is 2.74. The highest BCUT2D eigenvalue weighted by molar-refractivity contribution is 5.86. The Balaban J connectivity index is 2.08. The summed E-state index contributed by atoms with van der Waals surface area (Å²) in [5, 5.41) is 7.53. The van der Waals surface area contributed by atoms with E-state index >= 15 is 0 Å². The Morgan fingerprint density at radius 2 is 2.37 bits per heavy atom. The minimum absolute atomic E-state index is 0.186. The molecule has 0 bridgehead atoms. The quantitative estimate of drug-likeness (QED) is 0.844. The molecule has 0 aromatic carbocycles. The first-order valence-corrected chi connectivity index (χ1v) is 7.18. The van der Waals surface area contributed by atoms with E-state index in [0.29, 0.717) is 18.1 Å². The summed E-state index contributed by atoms with van der Waals surface area (Å²) in [6.07, 6.45) is 3.80. The van der Waals surface area contributed by atoms with Gasteiger partial charge in [-0.05, 0) is 25.3 Å². The Labute approximate surface area is 114 Å². The maximum absolute atomic E-state index is 12.6. The summed E-state index contributed by atoms with van der Waals surface area (Å²) < 4.78 is 1.87.